The van der Waals surface area contributed by atoms with Gasteiger partial charge in [0.15, 0.2) is 6.29 Å². The van der Waals surface area contributed by atoms with Crippen molar-refractivity contribution in [3.63, 3.8) is 0 Å². The summed E-state index contributed by atoms with van der Waals surface area (Å²) in [6.45, 7) is 0.775. The molecular formula is C38H44N4O7. The van der Waals surface area contributed by atoms with E-state index in [9.17, 15) is 24.9 Å². The molecule has 258 valence electrons. The third-order valence-corrected chi connectivity index (χ3v) is 8.35. The number of phenolic OH excluding ortho intramolecular Hbond substituents is 1. The average molecular weight is 669 g/mol. The monoisotopic (exact) mass is 668 g/mol. The Morgan fingerprint density at radius 1 is 0.898 bits per heavy atom. The van der Waals surface area contributed by atoms with Crippen LogP contribution >= 0.6 is 0 Å². The smallest absolute Gasteiger partial charge is 0.224 e. The Balaban J connectivity index is 1.21. The van der Waals surface area contributed by atoms with Crippen molar-refractivity contribution in [1.29, 1.82) is 0 Å². The molecule has 7 N–H and O–H groups in total. The maximum atomic E-state index is 12.8. The van der Waals surface area contributed by atoms with E-state index in [1.54, 1.807) is 54.6 Å². The van der Waals surface area contributed by atoms with E-state index in [-0.39, 0.29) is 49.2 Å². The van der Waals surface area contributed by atoms with Crippen LogP contribution in [0.3, 0.4) is 0 Å². The van der Waals surface area contributed by atoms with Crippen molar-refractivity contribution in [2.75, 3.05) is 36.5 Å². The molecule has 2 amide bonds. The molecule has 11 nitrogen and oxygen atoms in total. The van der Waals surface area contributed by atoms with Gasteiger partial charge in [0.1, 0.15) is 5.75 Å². The maximum absolute atomic E-state index is 12.8. The third kappa shape index (κ3) is 10.4. The van der Waals surface area contributed by atoms with Crippen molar-refractivity contribution in [3.05, 3.63) is 119 Å². The molecular weight excluding hydrogens is 624 g/mol. The summed E-state index contributed by atoms with van der Waals surface area (Å²) in [5, 5.41) is 35.8. The van der Waals surface area contributed by atoms with Crippen molar-refractivity contribution < 1.29 is 34.4 Å². The SMILES string of the molecule is CN(C[C@@H]1C[C@H](c2ccc(CO)cc2)O[C@H](c2cccc(NC(=O)CCCC(=O)Nc3ccccc3N)c2)O1)C[C@@H](O)c1cccc(O)c1. The number of anilines is 3. The van der Waals surface area contributed by atoms with Crippen LogP contribution in [-0.4, -0.2) is 58.3 Å². The Morgan fingerprint density at radius 2 is 1.63 bits per heavy atom. The quantitative estimate of drug-likeness (QED) is 0.0962. The van der Waals surface area contributed by atoms with Gasteiger partial charge in [0.2, 0.25) is 11.8 Å². The number of carbonyl (C=O) groups is 2. The van der Waals surface area contributed by atoms with Gasteiger partial charge in [-0.15, -0.1) is 0 Å². The highest BCUT2D eigenvalue weighted by atomic mass is 16.7. The number of carbonyl (C=O) groups excluding carboxylic acids is 2. The van der Waals surface area contributed by atoms with Crippen molar-refractivity contribution in [1.82, 2.24) is 4.90 Å². The second-order valence-corrected chi connectivity index (χ2v) is 12.3. The van der Waals surface area contributed by atoms with Gasteiger partial charge in [-0.3, -0.25) is 9.59 Å². The Morgan fingerprint density at radius 3 is 2.37 bits per heavy atom. The summed E-state index contributed by atoms with van der Waals surface area (Å²) in [5.74, 6) is -0.337. The van der Waals surface area contributed by atoms with Crippen LogP contribution in [-0.2, 0) is 25.7 Å². The lowest BCUT2D eigenvalue weighted by Crippen LogP contribution is -2.39. The topological polar surface area (TPSA) is 167 Å². The van der Waals surface area contributed by atoms with Crippen LogP contribution in [0, 0.1) is 0 Å². The molecule has 0 radical (unpaired) electrons. The molecule has 0 unspecified atom stereocenters. The van der Waals surface area contributed by atoms with Gasteiger partial charge >= 0.3 is 0 Å². The highest BCUT2D eigenvalue weighted by Crippen LogP contribution is 2.39. The van der Waals surface area contributed by atoms with Crippen molar-refractivity contribution in [2.24, 2.45) is 0 Å². The van der Waals surface area contributed by atoms with Gasteiger partial charge in [-0.1, -0.05) is 60.7 Å². The van der Waals surface area contributed by atoms with Crippen molar-refractivity contribution in [2.45, 2.75) is 56.9 Å². The Hall–Kier alpha value is -4.78. The number of para-hydroxylation sites is 2. The standard InChI is InChI=1S/C38H44N4O7/c1-42(23-34(45)27-7-5-10-30(44)20-27)22-31-21-35(26-17-15-25(24-43)16-18-26)49-38(48-31)28-8-4-9-29(19-28)40-36(46)13-6-14-37(47)41-33-12-3-2-11-32(33)39/h2-5,7-12,15-20,31,34-35,38,43-45H,6,13-14,21-24,39H2,1H3,(H,40,46)(H,41,47)/t31-,34+,35+,38+/m0/s1. The lowest BCUT2D eigenvalue weighted by Gasteiger charge is -2.38. The molecule has 1 heterocycles. The number of likely N-dealkylation sites (N-methyl/N-ethyl adjacent to an activating group) is 1. The molecule has 1 aliphatic heterocycles. The maximum Gasteiger partial charge on any atom is 0.224 e. The summed E-state index contributed by atoms with van der Waals surface area (Å²) >= 11 is 0. The molecule has 11 heteroatoms. The Labute approximate surface area is 286 Å². The highest BCUT2D eigenvalue weighted by molar-refractivity contribution is 5.94. The minimum Gasteiger partial charge on any atom is -0.508 e. The molecule has 1 fully saturated rings. The third-order valence-electron chi connectivity index (χ3n) is 8.35. The number of ether oxygens (including phenoxy) is 2. The molecule has 4 atom stereocenters. The van der Waals surface area contributed by atoms with E-state index >= 15 is 0 Å². The molecule has 49 heavy (non-hydrogen) atoms. The number of nitrogens with two attached hydrogens (primary N) is 1. The summed E-state index contributed by atoms with van der Waals surface area (Å²) in [4.78, 5) is 27.1. The van der Waals surface area contributed by atoms with Gasteiger partial charge in [0, 0.05) is 43.6 Å². The number of aliphatic hydroxyl groups excluding tert-OH is 2. The molecule has 0 bridgehead atoms. The molecule has 0 spiro atoms. The summed E-state index contributed by atoms with van der Waals surface area (Å²) in [7, 11) is 1.90. The first-order valence-corrected chi connectivity index (χ1v) is 16.4. The van der Waals surface area contributed by atoms with Crippen LogP contribution in [0.25, 0.3) is 0 Å². The van der Waals surface area contributed by atoms with E-state index < -0.39 is 12.4 Å². The fraction of sp³-hybridized carbons (Fsp3) is 0.316. The first-order valence-electron chi connectivity index (χ1n) is 16.4. The predicted molar refractivity (Wildman–Crippen MR) is 187 cm³/mol. The van der Waals surface area contributed by atoms with Gasteiger partial charge in [0.05, 0.1) is 36.3 Å². The molecule has 1 aliphatic rings. The van der Waals surface area contributed by atoms with Crippen LogP contribution in [0.1, 0.15) is 66.4 Å². The Kier molecular flexibility index (Phi) is 12.4. The van der Waals surface area contributed by atoms with Crippen LogP contribution < -0.4 is 16.4 Å². The molecule has 0 saturated carbocycles. The van der Waals surface area contributed by atoms with Crippen molar-refractivity contribution >= 4 is 28.9 Å². The average Bonchev–Trinajstić information content (AvgIpc) is 3.09. The van der Waals surface area contributed by atoms with E-state index in [1.165, 1.54) is 0 Å². The second kappa shape index (κ2) is 17.0. The first kappa shape index (κ1) is 35.5. The van der Waals surface area contributed by atoms with E-state index in [0.717, 1.165) is 16.7 Å². The van der Waals surface area contributed by atoms with Gasteiger partial charge in [-0.05, 0) is 66.6 Å². The number of amides is 2. The summed E-state index contributed by atoms with van der Waals surface area (Å²) in [5.41, 5.74) is 10.6. The van der Waals surface area contributed by atoms with E-state index in [0.29, 0.717) is 48.6 Å². The minimum atomic E-state index is -0.799. The fourth-order valence-electron chi connectivity index (χ4n) is 5.81. The number of nitrogen functional groups attached to an aromatic ring is 1. The number of benzene rings is 4. The molecule has 4 aromatic carbocycles. The van der Waals surface area contributed by atoms with E-state index in [2.05, 4.69) is 10.6 Å². The lowest BCUT2D eigenvalue weighted by atomic mass is 9.99. The molecule has 1 saturated heterocycles. The number of phenols is 1. The van der Waals surface area contributed by atoms with Crippen LogP contribution in [0.5, 0.6) is 5.75 Å². The normalized spacial score (nSPS) is 18.2. The second-order valence-electron chi connectivity index (χ2n) is 12.3. The highest BCUT2D eigenvalue weighted by Gasteiger charge is 2.33. The zero-order valence-electron chi connectivity index (χ0n) is 27.5. The number of hydrogen-bond donors (Lipinski definition) is 6. The number of rotatable bonds is 14. The summed E-state index contributed by atoms with van der Waals surface area (Å²) in [6.07, 6.45) is -0.855. The zero-order valence-corrected chi connectivity index (χ0v) is 27.5. The van der Waals surface area contributed by atoms with E-state index in [4.69, 9.17) is 15.2 Å². The molecule has 5 rings (SSSR count). The van der Waals surface area contributed by atoms with Gasteiger partial charge in [-0.25, -0.2) is 0 Å². The van der Waals surface area contributed by atoms with Gasteiger partial charge in [0.25, 0.3) is 0 Å². The minimum absolute atomic E-state index is 0.0546. The number of aliphatic hydroxyl groups is 2. The zero-order chi connectivity index (χ0) is 34.8. The molecule has 0 aliphatic carbocycles. The predicted octanol–water partition coefficient (Wildman–Crippen LogP) is 5.43. The lowest BCUT2D eigenvalue weighted by molar-refractivity contribution is -0.252. The fourth-order valence-corrected chi connectivity index (χ4v) is 5.81. The molecule has 4 aromatic rings. The summed E-state index contributed by atoms with van der Waals surface area (Å²) in [6, 6.07) is 28.5. The largest absolute Gasteiger partial charge is 0.508 e. The summed E-state index contributed by atoms with van der Waals surface area (Å²) < 4.78 is 12.9. The number of nitrogens with one attached hydrogen (secondary N) is 2. The van der Waals surface area contributed by atoms with Crippen molar-refractivity contribution in [3.8, 4) is 5.75 Å². The number of hydrogen-bond acceptors (Lipinski definition) is 9. The van der Waals surface area contributed by atoms with Crippen LogP contribution in [0.2, 0.25) is 0 Å². The Bertz CT molecular complexity index is 1700. The van der Waals surface area contributed by atoms with Crippen LogP contribution in [0.15, 0.2) is 97.1 Å². The van der Waals surface area contributed by atoms with Gasteiger partial charge < -0.3 is 46.1 Å². The van der Waals surface area contributed by atoms with Gasteiger partial charge in [-0.2, -0.15) is 0 Å². The first-order chi connectivity index (χ1) is 23.7. The molecule has 0 aromatic heterocycles. The number of nitrogens with zero attached hydrogens (tertiary/aromatic N) is 1. The van der Waals surface area contributed by atoms with E-state index in [1.807, 2.05) is 54.4 Å². The number of aromatic hydroxyl groups is 1. The van der Waals surface area contributed by atoms with Crippen LogP contribution in [0.4, 0.5) is 17.1 Å².